The minimum Gasteiger partial charge on any atom is -0.366 e. The fraction of sp³-hybridized carbons (Fsp3) is 0.292. The number of pyridine rings is 1. The van der Waals surface area contributed by atoms with Gasteiger partial charge in [0.05, 0.1) is 10.5 Å². The summed E-state index contributed by atoms with van der Waals surface area (Å²) in [7, 11) is 2.17. The van der Waals surface area contributed by atoms with Crippen molar-refractivity contribution in [1.82, 2.24) is 23.9 Å². The molecule has 4 aromatic rings. The third-order valence-electron chi connectivity index (χ3n) is 6.41. The molecule has 1 aromatic carbocycles. The van der Waals surface area contributed by atoms with E-state index >= 15 is 0 Å². The summed E-state index contributed by atoms with van der Waals surface area (Å²) in [5, 5.41) is 7.65. The van der Waals surface area contributed by atoms with E-state index in [2.05, 4.69) is 15.4 Å². The number of anilines is 1. The Morgan fingerprint density at radius 2 is 1.81 bits per heavy atom. The largest absolute Gasteiger partial charge is 0.416 e. The minimum atomic E-state index is -4.53. The second-order valence-corrected chi connectivity index (χ2v) is 10.8. The maximum atomic E-state index is 13.0. The number of nitrogens with zero attached hydrogens (tertiary/aromatic N) is 5. The van der Waals surface area contributed by atoms with Gasteiger partial charge in [-0.25, -0.2) is 13.4 Å². The molecule has 0 aliphatic carbocycles. The number of fused-ring (bicyclic) bond motifs is 1. The molecule has 4 heterocycles. The van der Waals surface area contributed by atoms with E-state index < -0.39 is 21.8 Å². The van der Waals surface area contributed by atoms with Gasteiger partial charge in [-0.2, -0.15) is 27.1 Å². The van der Waals surface area contributed by atoms with Crippen LogP contribution in [0.5, 0.6) is 0 Å². The van der Waals surface area contributed by atoms with E-state index in [1.54, 1.807) is 16.9 Å². The first-order valence-electron chi connectivity index (χ1n) is 11.6. The number of hydrogen-bond acceptors (Lipinski definition) is 6. The maximum absolute atomic E-state index is 13.0. The van der Waals surface area contributed by atoms with E-state index in [9.17, 15) is 21.6 Å². The molecule has 0 spiro atoms. The van der Waals surface area contributed by atoms with Crippen LogP contribution in [0.3, 0.4) is 0 Å². The highest BCUT2D eigenvalue weighted by Crippen LogP contribution is 2.33. The predicted octanol–water partition coefficient (Wildman–Crippen LogP) is 3.12. The van der Waals surface area contributed by atoms with Crippen molar-refractivity contribution in [2.45, 2.75) is 36.4 Å². The highest BCUT2D eigenvalue weighted by Gasteiger charge is 2.33. The zero-order valence-electron chi connectivity index (χ0n) is 19.6. The first-order valence-corrected chi connectivity index (χ1v) is 13.0. The standard InChI is InChI=1S/C24H22BF3N6O2S/c25-20-15-31-34-22(30-14-16-2-1-9-29-13-16)12-21(32-23(20)34)17-7-10-33(11-8-17)37(35,36)19-5-3-18(4-6-19)24(26,27)28/h1-6,9,12-13,15,17,30H,7-8,10-11,14H2. The molecule has 2 radical (unpaired) electrons. The van der Waals surface area contributed by atoms with Crippen LogP contribution in [-0.2, 0) is 22.7 Å². The summed E-state index contributed by atoms with van der Waals surface area (Å²) in [6.07, 6.45) is 1.46. The Bertz CT molecular complexity index is 1500. The summed E-state index contributed by atoms with van der Waals surface area (Å²) in [6.45, 7) is 0.943. The van der Waals surface area contributed by atoms with Crippen molar-refractivity contribution < 1.29 is 21.6 Å². The van der Waals surface area contributed by atoms with Gasteiger partial charge in [-0.15, -0.1) is 0 Å². The lowest BCUT2D eigenvalue weighted by molar-refractivity contribution is -0.137. The first kappa shape index (κ1) is 25.2. The van der Waals surface area contributed by atoms with Crippen LogP contribution in [0.1, 0.15) is 35.6 Å². The van der Waals surface area contributed by atoms with Crippen molar-refractivity contribution >= 4 is 34.8 Å². The molecule has 3 aromatic heterocycles. The summed E-state index contributed by atoms with van der Waals surface area (Å²) in [5.41, 5.74) is 1.79. The molecule has 0 amide bonds. The van der Waals surface area contributed by atoms with Gasteiger partial charge in [-0.1, -0.05) is 6.07 Å². The number of alkyl halides is 3. The Kier molecular flexibility index (Phi) is 6.67. The molecule has 5 rings (SSSR count). The number of sulfonamides is 1. The lowest BCUT2D eigenvalue weighted by Crippen LogP contribution is -2.38. The number of aromatic nitrogens is 4. The molecule has 1 saturated heterocycles. The molecule has 1 N–H and O–H groups in total. The van der Waals surface area contributed by atoms with Crippen LogP contribution in [-0.4, -0.2) is 53.2 Å². The monoisotopic (exact) mass is 526 g/mol. The normalized spacial score (nSPS) is 15.8. The van der Waals surface area contributed by atoms with Gasteiger partial charge >= 0.3 is 6.18 Å². The number of halogens is 3. The minimum absolute atomic E-state index is 0.0303. The van der Waals surface area contributed by atoms with Crippen molar-refractivity contribution in [3.63, 3.8) is 0 Å². The van der Waals surface area contributed by atoms with E-state index in [4.69, 9.17) is 12.8 Å². The van der Waals surface area contributed by atoms with Gasteiger partial charge in [0, 0.05) is 55.9 Å². The van der Waals surface area contributed by atoms with Crippen LogP contribution in [0.15, 0.2) is 66.0 Å². The van der Waals surface area contributed by atoms with Crippen molar-refractivity contribution in [1.29, 1.82) is 0 Å². The molecule has 8 nitrogen and oxygen atoms in total. The number of benzene rings is 1. The van der Waals surface area contributed by atoms with Crippen LogP contribution >= 0.6 is 0 Å². The van der Waals surface area contributed by atoms with Crippen LogP contribution in [0.4, 0.5) is 19.0 Å². The fourth-order valence-electron chi connectivity index (χ4n) is 4.39. The van der Waals surface area contributed by atoms with Gasteiger partial charge in [0.1, 0.15) is 19.3 Å². The average molecular weight is 526 g/mol. The zero-order chi connectivity index (χ0) is 26.2. The van der Waals surface area contributed by atoms with E-state index in [0.717, 1.165) is 35.5 Å². The third-order valence-corrected chi connectivity index (χ3v) is 8.32. The fourth-order valence-corrected chi connectivity index (χ4v) is 5.86. The number of rotatable bonds is 6. The zero-order valence-corrected chi connectivity index (χ0v) is 20.4. The Hall–Kier alpha value is -3.45. The van der Waals surface area contributed by atoms with Crippen LogP contribution in [0.2, 0.25) is 0 Å². The van der Waals surface area contributed by atoms with E-state index in [1.807, 2.05) is 18.2 Å². The number of piperidine rings is 1. The molecule has 0 saturated carbocycles. The van der Waals surface area contributed by atoms with E-state index in [-0.39, 0.29) is 23.9 Å². The molecule has 1 aliphatic rings. The molecular formula is C24H22BF3N6O2S. The molecule has 0 atom stereocenters. The Labute approximate surface area is 213 Å². The molecule has 13 heteroatoms. The van der Waals surface area contributed by atoms with Gasteiger partial charge in [-0.3, -0.25) is 4.98 Å². The van der Waals surface area contributed by atoms with E-state index in [0.29, 0.717) is 36.3 Å². The molecule has 0 bridgehead atoms. The van der Waals surface area contributed by atoms with Gasteiger partial charge in [0.25, 0.3) is 0 Å². The van der Waals surface area contributed by atoms with Gasteiger partial charge in [-0.05, 0) is 54.2 Å². The van der Waals surface area contributed by atoms with Gasteiger partial charge in [0.2, 0.25) is 10.0 Å². The molecule has 0 unspecified atom stereocenters. The van der Waals surface area contributed by atoms with Gasteiger partial charge in [0.15, 0.2) is 0 Å². The van der Waals surface area contributed by atoms with Gasteiger partial charge < -0.3 is 5.32 Å². The van der Waals surface area contributed by atoms with Crippen LogP contribution in [0, 0.1) is 0 Å². The summed E-state index contributed by atoms with van der Waals surface area (Å²) in [6, 6.07) is 9.27. The summed E-state index contributed by atoms with van der Waals surface area (Å²) in [5.74, 6) is 0.664. The Morgan fingerprint density at radius 1 is 1.08 bits per heavy atom. The molecule has 37 heavy (non-hydrogen) atoms. The number of nitrogens with one attached hydrogen (secondary N) is 1. The quantitative estimate of drug-likeness (QED) is 0.389. The van der Waals surface area contributed by atoms with Crippen molar-refractivity contribution in [2.24, 2.45) is 0 Å². The second-order valence-electron chi connectivity index (χ2n) is 8.82. The maximum Gasteiger partial charge on any atom is 0.416 e. The van der Waals surface area contributed by atoms with Crippen molar-refractivity contribution in [3.05, 3.63) is 77.9 Å². The summed E-state index contributed by atoms with van der Waals surface area (Å²) in [4.78, 5) is 8.66. The smallest absolute Gasteiger partial charge is 0.366 e. The first-order chi connectivity index (χ1) is 17.6. The molecule has 1 fully saturated rings. The highest BCUT2D eigenvalue weighted by atomic mass is 32.2. The lowest BCUT2D eigenvalue weighted by Gasteiger charge is -2.31. The molecular weight excluding hydrogens is 504 g/mol. The third kappa shape index (κ3) is 5.19. The molecule has 1 aliphatic heterocycles. The van der Waals surface area contributed by atoms with Crippen molar-refractivity contribution in [2.75, 3.05) is 18.4 Å². The second kappa shape index (κ2) is 9.79. The Balaban J connectivity index is 1.33. The van der Waals surface area contributed by atoms with E-state index in [1.165, 1.54) is 10.5 Å². The van der Waals surface area contributed by atoms with Crippen molar-refractivity contribution in [3.8, 4) is 0 Å². The van der Waals surface area contributed by atoms with Crippen LogP contribution in [0.25, 0.3) is 5.65 Å². The topological polar surface area (TPSA) is 92.5 Å². The summed E-state index contributed by atoms with van der Waals surface area (Å²) < 4.78 is 67.6. The average Bonchev–Trinajstić information content (AvgIpc) is 3.28. The Morgan fingerprint density at radius 3 is 2.46 bits per heavy atom. The summed E-state index contributed by atoms with van der Waals surface area (Å²) >= 11 is 0. The number of hydrogen-bond donors (Lipinski definition) is 1. The predicted molar refractivity (Wildman–Crippen MR) is 132 cm³/mol. The van der Waals surface area contributed by atoms with Crippen LogP contribution < -0.4 is 10.8 Å². The highest BCUT2D eigenvalue weighted by molar-refractivity contribution is 7.89. The SMILES string of the molecule is [B]c1cnn2c(NCc3cccnc3)cc(C3CCN(S(=O)(=O)c4ccc(C(F)(F)F)cc4)CC3)nc12. The lowest BCUT2D eigenvalue weighted by atomic mass is 9.94. The molecule has 190 valence electrons.